The summed E-state index contributed by atoms with van der Waals surface area (Å²) in [6, 6.07) is 110. The van der Waals surface area contributed by atoms with Gasteiger partial charge in [-0.1, -0.05) is 303 Å². The Kier molecular flexibility index (Phi) is 20.2. The largest absolute Gasteiger partial charge is 1.00 e. The Morgan fingerprint density at radius 2 is 0.494 bits per heavy atom. The normalized spacial score (nSPS) is 10.3. The fourth-order valence-electron chi connectivity index (χ4n) is 9.71. The number of hydrogen-bond donors (Lipinski definition) is 1. The second-order valence-electron chi connectivity index (χ2n) is 18.4. The molecule has 0 atom stereocenters. The van der Waals surface area contributed by atoms with Gasteiger partial charge in [0.05, 0.1) is 0 Å². The maximum Gasteiger partial charge on any atom is 1.00 e. The number of halogens is 1. The van der Waals surface area contributed by atoms with Crippen molar-refractivity contribution in [2.75, 3.05) is 5.73 Å². The van der Waals surface area contributed by atoms with Gasteiger partial charge in [0.2, 0.25) is 0 Å². The Hall–Kier alpha value is -7.57. The van der Waals surface area contributed by atoms with Crippen molar-refractivity contribution >= 4 is 25.7 Å². The molecule has 2 N–H and O–H groups in total. The van der Waals surface area contributed by atoms with Gasteiger partial charge in [-0.05, 0) is 131 Å². The van der Waals surface area contributed by atoms with Crippen LogP contribution in [0.25, 0.3) is 89.0 Å². The van der Waals surface area contributed by atoms with Crippen LogP contribution in [0, 0.1) is 0 Å². The van der Waals surface area contributed by atoms with E-state index in [2.05, 4.69) is 267 Å². The summed E-state index contributed by atoms with van der Waals surface area (Å²) in [6.07, 6.45) is 0.892. The van der Waals surface area contributed by atoms with E-state index in [-0.39, 0.29) is 62.7 Å². The van der Waals surface area contributed by atoms with Crippen molar-refractivity contribution in [3.05, 3.63) is 332 Å². The first-order chi connectivity index (χ1) is 37.0. The Morgan fingerprint density at radius 3 is 0.792 bits per heavy atom. The van der Waals surface area contributed by atoms with Gasteiger partial charge >= 0.3 is 51.4 Å². The van der Waals surface area contributed by atoms with E-state index >= 15 is 0 Å². The first-order valence-electron chi connectivity index (χ1n) is 25.4. The fraction of sp³-hybridized carbons (Fsp3) is 0.0137. The van der Waals surface area contributed by atoms with Crippen LogP contribution >= 0.6 is 11.6 Å². The molecule has 0 aliphatic rings. The van der Waals surface area contributed by atoms with Gasteiger partial charge < -0.3 is 7.16 Å². The molecule has 12 aromatic carbocycles. The number of anilines is 1. The van der Waals surface area contributed by atoms with Crippen LogP contribution in [0.15, 0.2) is 315 Å². The molecule has 0 saturated carbocycles. The van der Waals surface area contributed by atoms with Crippen LogP contribution in [0.4, 0.5) is 5.69 Å². The van der Waals surface area contributed by atoms with E-state index in [4.69, 9.17) is 17.3 Å². The van der Waals surface area contributed by atoms with Crippen LogP contribution < -0.4 is 57.1 Å². The van der Waals surface area contributed by atoms with E-state index in [1.165, 1.54) is 89.0 Å². The van der Waals surface area contributed by atoms with Crippen molar-refractivity contribution in [1.82, 2.24) is 0 Å². The van der Waals surface area contributed by atoms with E-state index in [0.29, 0.717) is 0 Å². The monoisotopic (exact) mass is 1040 g/mol. The SMILES string of the molecule is Clc1cccc(-c2ccccc2-c2ccccc2)c1.Nc1cccc(-c2ccccc2-c2ccccc2)c1.[2HH].[B].[H-].[K+].c1ccc(-c2ccccc2-c2cccc(Cc3cccc(-c4ccccc4-c4ccccc4)c3)c2)cc1. The van der Waals surface area contributed by atoms with Crippen LogP contribution in [-0.2, 0) is 6.42 Å². The summed E-state index contributed by atoms with van der Waals surface area (Å²) in [6.45, 7) is 0. The summed E-state index contributed by atoms with van der Waals surface area (Å²) in [4.78, 5) is 0. The zero-order chi connectivity index (χ0) is 51.0. The summed E-state index contributed by atoms with van der Waals surface area (Å²) < 4.78 is 0. The fourth-order valence-corrected chi connectivity index (χ4v) is 9.90. The Balaban J connectivity index is 0.000000204. The zero-order valence-electron chi connectivity index (χ0n) is 44.3. The van der Waals surface area contributed by atoms with E-state index in [1.54, 1.807) is 0 Å². The molecule has 4 heteroatoms. The third kappa shape index (κ3) is 14.5. The second-order valence-corrected chi connectivity index (χ2v) is 18.8. The second kappa shape index (κ2) is 28.0. The minimum Gasteiger partial charge on any atom is -1.00 e. The van der Waals surface area contributed by atoms with Crippen molar-refractivity contribution < 1.29 is 54.2 Å². The topological polar surface area (TPSA) is 26.0 Å². The van der Waals surface area contributed by atoms with Crippen LogP contribution in [0.3, 0.4) is 0 Å². The van der Waals surface area contributed by atoms with Crippen molar-refractivity contribution in [2.45, 2.75) is 6.42 Å². The third-order valence-corrected chi connectivity index (χ3v) is 13.5. The molecule has 12 aromatic rings. The van der Waals surface area contributed by atoms with E-state index in [1.807, 2.05) is 48.5 Å². The molecule has 0 heterocycles. The van der Waals surface area contributed by atoms with Crippen molar-refractivity contribution in [3.8, 4) is 89.0 Å². The molecule has 77 heavy (non-hydrogen) atoms. The molecular formula is C73H59BClKN. The molecule has 1 nitrogen and oxygen atoms in total. The van der Waals surface area contributed by atoms with Gasteiger partial charge in [-0.15, -0.1) is 0 Å². The maximum absolute atomic E-state index is 6.09. The van der Waals surface area contributed by atoms with Crippen LogP contribution in [0.5, 0.6) is 0 Å². The van der Waals surface area contributed by atoms with Crippen molar-refractivity contribution in [3.63, 3.8) is 0 Å². The molecule has 0 amide bonds. The molecule has 0 spiro atoms. The number of nitrogen functional groups attached to an aromatic ring is 1. The molecule has 0 bridgehead atoms. The Bertz CT molecular complexity index is 3530. The first kappa shape index (κ1) is 55.7. The summed E-state index contributed by atoms with van der Waals surface area (Å²) in [7, 11) is 0. The van der Waals surface area contributed by atoms with Gasteiger partial charge in [0, 0.05) is 20.5 Å². The third-order valence-electron chi connectivity index (χ3n) is 13.3. The summed E-state index contributed by atoms with van der Waals surface area (Å²) in [5, 5.41) is 0.764. The predicted molar refractivity (Wildman–Crippen MR) is 330 cm³/mol. The zero-order valence-corrected chi connectivity index (χ0v) is 47.1. The Morgan fingerprint density at radius 1 is 0.260 bits per heavy atom. The molecule has 12 rings (SSSR count). The molecule has 367 valence electrons. The molecule has 3 radical (unpaired) electrons. The first-order valence-corrected chi connectivity index (χ1v) is 25.8. The Labute approximate surface area is 507 Å². The molecular weight excluding hydrogens is 976 g/mol. The number of nitrogens with two attached hydrogens (primary N) is 1. The van der Waals surface area contributed by atoms with Gasteiger partial charge in [-0.3, -0.25) is 0 Å². The van der Waals surface area contributed by atoms with Crippen LogP contribution in [0.2, 0.25) is 5.02 Å². The quantitative estimate of drug-likeness (QED) is 0.107. The van der Waals surface area contributed by atoms with Gasteiger partial charge in [-0.2, -0.15) is 0 Å². The summed E-state index contributed by atoms with van der Waals surface area (Å²) in [5.74, 6) is 0. The minimum absolute atomic E-state index is 0. The molecule has 0 saturated heterocycles. The average molecular weight is 1040 g/mol. The molecule has 0 unspecified atom stereocenters. The van der Waals surface area contributed by atoms with Crippen LogP contribution in [0.1, 0.15) is 14.0 Å². The molecule has 0 fully saturated rings. The molecule has 0 aliphatic heterocycles. The maximum atomic E-state index is 6.09. The number of rotatable bonds is 10. The number of hydrogen-bond acceptors (Lipinski definition) is 1. The smallest absolute Gasteiger partial charge is 1.00 e. The van der Waals surface area contributed by atoms with Crippen LogP contribution in [-0.4, -0.2) is 8.41 Å². The van der Waals surface area contributed by atoms with Crippen molar-refractivity contribution in [1.29, 1.82) is 0 Å². The predicted octanol–water partition coefficient (Wildman–Crippen LogP) is 17.2. The summed E-state index contributed by atoms with van der Waals surface area (Å²) in [5.41, 5.74) is 29.0. The van der Waals surface area contributed by atoms with Gasteiger partial charge in [-0.25, -0.2) is 0 Å². The van der Waals surface area contributed by atoms with Gasteiger partial charge in [0.1, 0.15) is 0 Å². The number of benzene rings is 12. The van der Waals surface area contributed by atoms with Crippen molar-refractivity contribution in [2.24, 2.45) is 0 Å². The standard InChI is InChI=1S/C37H28.C18H13Cl.C18H15N.B.K.H2.H/c1-3-15-30(16-4-1)34-21-7-9-23-36(34)32-19-11-13-28(26-32)25-29-14-12-20-33(27-29)37-24-10-8-22-35(37)31-17-5-2-6-18-31;2*19-16-10-6-9-15(13-16)18-12-5-4-11-17(18)14-7-2-1-3-8-14;;;;/h1-24,26-27H,25H2;1-13H;1-13H,19H2;;;1H;/q;;;;+1;;-1/i;;;;;1+1;. The van der Waals surface area contributed by atoms with Gasteiger partial charge in [0.25, 0.3) is 0 Å². The molecule has 0 aliphatic carbocycles. The van der Waals surface area contributed by atoms with Gasteiger partial charge in [0.15, 0.2) is 0 Å². The van der Waals surface area contributed by atoms with E-state index in [0.717, 1.165) is 28.3 Å². The average Bonchev–Trinajstić information content (AvgIpc) is 3.53. The molecule has 0 aromatic heterocycles. The van der Waals surface area contributed by atoms with E-state index < -0.39 is 0 Å². The van der Waals surface area contributed by atoms with E-state index in [9.17, 15) is 0 Å². The minimum atomic E-state index is 0. The summed E-state index contributed by atoms with van der Waals surface area (Å²) >= 11 is 6.09.